The highest BCUT2D eigenvalue weighted by molar-refractivity contribution is 8.15. The third-order valence-corrected chi connectivity index (χ3v) is 5.19. The van der Waals surface area contributed by atoms with Gasteiger partial charge in [-0.15, -0.1) is 5.10 Å². The number of amidine groups is 1. The third kappa shape index (κ3) is 4.52. The summed E-state index contributed by atoms with van der Waals surface area (Å²) >= 11 is 1.42. The van der Waals surface area contributed by atoms with Gasteiger partial charge in [-0.3, -0.25) is 4.79 Å². The lowest BCUT2D eigenvalue weighted by Crippen LogP contribution is -2.25. The molecule has 1 saturated heterocycles. The summed E-state index contributed by atoms with van der Waals surface area (Å²) in [6.07, 6.45) is 0.678. The predicted molar refractivity (Wildman–Crippen MR) is 107 cm³/mol. The van der Waals surface area contributed by atoms with E-state index in [4.69, 9.17) is 4.74 Å². The van der Waals surface area contributed by atoms with Gasteiger partial charge in [0.05, 0.1) is 18.1 Å². The molecule has 134 valence electrons. The first kappa shape index (κ1) is 18.2. The van der Waals surface area contributed by atoms with E-state index in [0.717, 1.165) is 22.6 Å². The van der Waals surface area contributed by atoms with Crippen LogP contribution in [0, 0.1) is 6.92 Å². The molecule has 1 N–H and O–H groups in total. The standard InChI is InChI=1S/C20H21N3O2S/c1-13-4-6-15(7-5-13)12-18-19(24)21-20(26-18)23-22-14(2)16-8-10-17(25-3)11-9-16/h4-11,18H,12H2,1-3H3,(H,21,23,24)/b22-14+/t18-/m1/s1. The Morgan fingerprint density at radius 2 is 1.85 bits per heavy atom. The minimum absolute atomic E-state index is 0.0216. The molecule has 1 heterocycles. The maximum atomic E-state index is 12.2. The number of nitrogens with zero attached hydrogens (tertiary/aromatic N) is 2. The van der Waals surface area contributed by atoms with Crippen LogP contribution in [0.2, 0.25) is 0 Å². The summed E-state index contributed by atoms with van der Waals surface area (Å²) in [6.45, 7) is 3.94. The van der Waals surface area contributed by atoms with Gasteiger partial charge in [0, 0.05) is 0 Å². The number of rotatable bonds is 5. The van der Waals surface area contributed by atoms with E-state index in [0.29, 0.717) is 11.6 Å². The fourth-order valence-corrected chi connectivity index (χ4v) is 3.49. The molecule has 0 saturated carbocycles. The molecule has 1 fully saturated rings. The molecule has 3 rings (SSSR count). The van der Waals surface area contributed by atoms with Crippen molar-refractivity contribution in [3.05, 3.63) is 65.2 Å². The van der Waals surface area contributed by atoms with Crippen LogP contribution in [0.4, 0.5) is 0 Å². The molecular weight excluding hydrogens is 346 g/mol. The Kier molecular flexibility index (Phi) is 5.73. The van der Waals surface area contributed by atoms with Crippen LogP contribution in [0.3, 0.4) is 0 Å². The maximum Gasteiger partial charge on any atom is 0.239 e. The number of nitrogens with one attached hydrogen (secondary N) is 1. The van der Waals surface area contributed by atoms with Crippen LogP contribution < -0.4 is 10.1 Å². The van der Waals surface area contributed by atoms with Gasteiger partial charge in [0.1, 0.15) is 5.75 Å². The second kappa shape index (κ2) is 8.19. The van der Waals surface area contributed by atoms with Crippen molar-refractivity contribution < 1.29 is 9.53 Å². The van der Waals surface area contributed by atoms with Crippen molar-refractivity contribution in [2.24, 2.45) is 10.2 Å². The number of carbonyl (C=O) groups is 1. The van der Waals surface area contributed by atoms with Crippen molar-refractivity contribution in [1.82, 2.24) is 5.32 Å². The molecule has 6 heteroatoms. The summed E-state index contributed by atoms with van der Waals surface area (Å²) in [6, 6.07) is 15.9. The first-order valence-electron chi connectivity index (χ1n) is 8.35. The van der Waals surface area contributed by atoms with Gasteiger partial charge < -0.3 is 10.1 Å². The van der Waals surface area contributed by atoms with Gasteiger partial charge in [-0.1, -0.05) is 41.6 Å². The Morgan fingerprint density at radius 3 is 2.50 bits per heavy atom. The lowest BCUT2D eigenvalue weighted by molar-refractivity contribution is -0.118. The number of thioether (sulfide) groups is 1. The molecule has 1 aliphatic rings. The zero-order valence-corrected chi connectivity index (χ0v) is 15.8. The van der Waals surface area contributed by atoms with Gasteiger partial charge in [0.25, 0.3) is 0 Å². The van der Waals surface area contributed by atoms with Crippen LogP contribution in [0.25, 0.3) is 0 Å². The number of ether oxygens (including phenoxy) is 1. The zero-order valence-electron chi connectivity index (χ0n) is 15.0. The molecule has 1 amide bonds. The number of carbonyl (C=O) groups excluding carboxylic acids is 1. The average Bonchev–Trinajstić information content (AvgIpc) is 3.01. The average molecular weight is 367 g/mol. The maximum absolute atomic E-state index is 12.2. The van der Waals surface area contributed by atoms with Crippen molar-refractivity contribution in [3.63, 3.8) is 0 Å². The highest BCUT2D eigenvalue weighted by atomic mass is 32.2. The van der Waals surface area contributed by atoms with E-state index in [1.807, 2.05) is 31.2 Å². The monoisotopic (exact) mass is 367 g/mol. The van der Waals surface area contributed by atoms with E-state index in [9.17, 15) is 4.79 Å². The molecule has 0 unspecified atom stereocenters. The summed E-state index contributed by atoms with van der Waals surface area (Å²) < 4.78 is 5.15. The van der Waals surface area contributed by atoms with Gasteiger partial charge in [0.15, 0.2) is 5.17 Å². The highest BCUT2D eigenvalue weighted by Gasteiger charge is 2.30. The topological polar surface area (TPSA) is 63.1 Å². The number of hydrogen-bond acceptors (Lipinski definition) is 5. The first-order valence-corrected chi connectivity index (χ1v) is 9.23. The van der Waals surface area contributed by atoms with Crippen LogP contribution in [0.1, 0.15) is 23.6 Å². The fraction of sp³-hybridized carbons (Fsp3) is 0.250. The minimum atomic E-state index is -0.173. The van der Waals surface area contributed by atoms with Crippen LogP contribution in [0.5, 0.6) is 5.75 Å². The molecule has 0 aliphatic carbocycles. The molecule has 1 atom stereocenters. The molecule has 0 radical (unpaired) electrons. The van der Waals surface area contributed by atoms with Gasteiger partial charge in [-0.2, -0.15) is 5.10 Å². The van der Waals surface area contributed by atoms with E-state index < -0.39 is 0 Å². The van der Waals surface area contributed by atoms with E-state index in [1.165, 1.54) is 17.3 Å². The second-order valence-corrected chi connectivity index (χ2v) is 7.30. The summed E-state index contributed by atoms with van der Waals surface area (Å²) in [5.74, 6) is 0.775. The Hall–Kier alpha value is -2.60. The molecule has 0 bridgehead atoms. The second-order valence-electron chi connectivity index (χ2n) is 6.10. The SMILES string of the molecule is COc1ccc(/C(C)=N/N=C2/NC(=O)[C@@H](Cc3ccc(C)cc3)S2)cc1. The smallest absolute Gasteiger partial charge is 0.239 e. The lowest BCUT2D eigenvalue weighted by Gasteiger charge is -2.05. The van der Waals surface area contributed by atoms with Crippen molar-refractivity contribution in [1.29, 1.82) is 0 Å². The predicted octanol–water partition coefficient (Wildman–Crippen LogP) is 3.56. The molecule has 0 spiro atoms. The largest absolute Gasteiger partial charge is 0.497 e. The number of amides is 1. The van der Waals surface area contributed by atoms with Gasteiger partial charge in [-0.05, 0) is 55.7 Å². The van der Waals surface area contributed by atoms with Crippen molar-refractivity contribution in [2.75, 3.05) is 7.11 Å². The summed E-state index contributed by atoms with van der Waals surface area (Å²) in [7, 11) is 1.63. The molecule has 5 nitrogen and oxygen atoms in total. The van der Waals surface area contributed by atoms with Gasteiger partial charge >= 0.3 is 0 Å². The molecule has 26 heavy (non-hydrogen) atoms. The molecular formula is C20H21N3O2S. The van der Waals surface area contributed by atoms with E-state index in [1.54, 1.807) is 7.11 Å². The quantitative estimate of drug-likeness (QED) is 0.649. The van der Waals surface area contributed by atoms with Gasteiger partial charge in [0.2, 0.25) is 5.91 Å². The zero-order chi connectivity index (χ0) is 18.5. The molecule has 2 aromatic rings. The van der Waals surface area contributed by atoms with Crippen molar-refractivity contribution >= 4 is 28.5 Å². The first-order chi connectivity index (χ1) is 12.5. The third-order valence-electron chi connectivity index (χ3n) is 4.12. The summed E-state index contributed by atoms with van der Waals surface area (Å²) in [5.41, 5.74) is 4.09. The summed E-state index contributed by atoms with van der Waals surface area (Å²) in [4.78, 5) is 12.2. The number of benzene rings is 2. The molecule has 1 aliphatic heterocycles. The fourth-order valence-electron chi connectivity index (χ4n) is 2.54. The lowest BCUT2D eigenvalue weighted by atomic mass is 10.1. The van der Waals surface area contributed by atoms with E-state index >= 15 is 0 Å². The van der Waals surface area contributed by atoms with E-state index in [2.05, 4.69) is 46.7 Å². The van der Waals surface area contributed by atoms with Crippen LogP contribution >= 0.6 is 11.8 Å². The Bertz CT molecular complexity index is 842. The minimum Gasteiger partial charge on any atom is -0.497 e. The van der Waals surface area contributed by atoms with Crippen LogP contribution in [-0.4, -0.2) is 29.1 Å². The van der Waals surface area contributed by atoms with E-state index in [-0.39, 0.29) is 11.2 Å². The number of hydrogen-bond donors (Lipinski definition) is 1. The normalized spacial score (nSPS) is 18.9. The Balaban J connectivity index is 1.65. The summed E-state index contributed by atoms with van der Waals surface area (Å²) in [5, 5.41) is 11.6. The van der Waals surface area contributed by atoms with Crippen molar-refractivity contribution in [3.8, 4) is 5.75 Å². The number of aryl methyl sites for hydroxylation is 1. The molecule has 2 aromatic carbocycles. The number of methoxy groups -OCH3 is 1. The van der Waals surface area contributed by atoms with Crippen molar-refractivity contribution in [2.45, 2.75) is 25.5 Å². The van der Waals surface area contributed by atoms with Crippen LogP contribution in [0.15, 0.2) is 58.7 Å². The van der Waals surface area contributed by atoms with Crippen LogP contribution in [-0.2, 0) is 11.2 Å². The Labute approximate surface area is 157 Å². The highest BCUT2D eigenvalue weighted by Crippen LogP contribution is 2.23. The molecule has 0 aromatic heterocycles. The Morgan fingerprint density at radius 1 is 1.15 bits per heavy atom. The van der Waals surface area contributed by atoms with Gasteiger partial charge in [-0.25, -0.2) is 0 Å².